The quantitative estimate of drug-likeness (QED) is 0.426. The number of aliphatic hydroxyl groups excluding tert-OH is 1. The fraction of sp³-hybridized carbons (Fsp3) is 0.542. The van der Waals surface area contributed by atoms with E-state index in [1.54, 1.807) is 26.0 Å². The molecule has 34 heavy (non-hydrogen) atoms. The molecule has 2 fully saturated rings. The monoisotopic (exact) mass is 475 g/mol. The first-order valence-electron chi connectivity index (χ1n) is 11.1. The molecule has 2 heterocycles. The van der Waals surface area contributed by atoms with Crippen molar-refractivity contribution in [1.29, 1.82) is 0 Å². The number of benzene rings is 1. The van der Waals surface area contributed by atoms with Crippen LogP contribution in [0, 0.1) is 5.41 Å². The first kappa shape index (κ1) is 24.0. The van der Waals surface area contributed by atoms with Crippen LogP contribution in [-0.2, 0) is 35.8 Å². The summed E-state index contributed by atoms with van der Waals surface area (Å²) in [5.74, 6) is -1.79. The zero-order chi connectivity index (χ0) is 25.1. The van der Waals surface area contributed by atoms with Crippen LogP contribution in [0.2, 0.25) is 0 Å². The number of hydrogen-bond acceptors (Lipinski definition) is 9. The first-order chi connectivity index (χ1) is 16.1. The third-order valence-corrected chi connectivity index (χ3v) is 7.38. The predicted molar refractivity (Wildman–Crippen MR) is 117 cm³/mol. The van der Waals surface area contributed by atoms with Gasteiger partial charge in [-0.05, 0) is 37.1 Å². The number of fused-ring (bicyclic) bond motifs is 1. The Hall–Kier alpha value is -3.11. The van der Waals surface area contributed by atoms with Gasteiger partial charge >= 0.3 is 11.9 Å². The molecule has 1 spiro atoms. The van der Waals surface area contributed by atoms with Crippen LogP contribution in [0.15, 0.2) is 24.8 Å². The van der Waals surface area contributed by atoms with Crippen LogP contribution in [0.1, 0.15) is 31.4 Å². The van der Waals surface area contributed by atoms with Crippen LogP contribution in [0.5, 0.6) is 11.5 Å². The van der Waals surface area contributed by atoms with Gasteiger partial charge < -0.3 is 34.1 Å². The van der Waals surface area contributed by atoms with E-state index in [0.717, 1.165) is 4.90 Å². The second-order valence-corrected chi connectivity index (χ2v) is 8.65. The molecule has 1 aromatic rings. The highest BCUT2D eigenvalue weighted by Gasteiger charge is 2.89. The molecular formula is C24H29NO9. The Bertz CT molecular complexity index is 1070. The summed E-state index contributed by atoms with van der Waals surface area (Å²) in [6.07, 6.45) is -0.935. The van der Waals surface area contributed by atoms with Gasteiger partial charge in [0.05, 0.1) is 27.4 Å². The van der Waals surface area contributed by atoms with Crippen molar-refractivity contribution in [3.05, 3.63) is 35.9 Å². The molecule has 10 nitrogen and oxygen atoms in total. The first-order valence-corrected chi connectivity index (χ1v) is 11.1. The van der Waals surface area contributed by atoms with Crippen LogP contribution in [0.3, 0.4) is 0 Å². The van der Waals surface area contributed by atoms with Crippen molar-refractivity contribution in [3.8, 4) is 11.5 Å². The Balaban J connectivity index is 2.11. The number of nitrogens with zero attached hydrogens (tertiary/aromatic N) is 1. The van der Waals surface area contributed by atoms with E-state index >= 15 is 0 Å². The molecule has 4 rings (SSSR count). The number of rotatable bonds is 7. The van der Waals surface area contributed by atoms with Crippen molar-refractivity contribution in [2.24, 2.45) is 5.41 Å². The number of carbonyl (C=O) groups excluding carboxylic acids is 3. The highest BCUT2D eigenvalue weighted by atomic mass is 16.5. The Kier molecular flexibility index (Phi) is 5.64. The molecular weight excluding hydrogens is 446 g/mol. The topological polar surface area (TPSA) is 132 Å². The molecule has 2 aliphatic heterocycles. The molecule has 0 bridgehead atoms. The minimum atomic E-state index is -1.89. The lowest BCUT2D eigenvalue weighted by molar-refractivity contribution is -0.257. The van der Waals surface area contributed by atoms with E-state index in [4.69, 9.17) is 18.9 Å². The smallest absolute Gasteiger partial charge is 0.329 e. The molecule has 0 aromatic heterocycles. The van der Waals surface area contributed by atoms with Gasteiger partial charge in [0.15, 0.2) is 17.6 Å². The van der Waals surface area contributed by atoms with Gasteiger partial charge in [-0.25, -0.2) is 4.79 Å². The molecule has 5 atom stereocenters. The summed E-state index contributed by atoms with van der Waals surface area (Å²) in [6, 6.07) is 1.99. The molecule has 184 valence electrons. The van der Waals surface area contributed by atoms with E-state index in [-0.39, 0.29) is 31.8 Å². The van der Waals surface area contributed by atoms with Crippen molar-refractivity contribution >= 4 is 17.8 Å². The number of amides is 1. The standard InChI is InChI=1S/C24H29NO9/c1-6-22(30)12-23(21(29)34-8-3)18(26)19(27)25-15(20(28)33-7-2)9-13-10-16(31-4)17(32-5)11-14(13)24(22,23)25/h6,10-11,15,18,26,30H,1,7-9,12H2,2-5H3/t15-,18-,22+,23+,24+/m0/s1. The maximum atomic E-state index is 13.6. The lowest BCUT2D eigenvalue weighted by Crippen LogP contribution is -2.81. The number of carbonyl (C=O) groups is 3. The highest BCUT2D eigenvalue weighted by molar-refractivity contribution is 6.01. The fourth-order valence-corrected chi connectivity index (χ4v) is 6.14. The summed E-state index contributed by atoms with van der Waals surface area (Å²) in [7, 11) is 2.88. The van der Waals surface area contributed by atoms with E-state index in [2.05, 4.69) is 6.58 Å². The van der Waals surface area contributed by atoms with Crippen LogP contribution in [-0.4, -0.2) is 78.1 Å². The molecule has 3 aliphatic rings. The van der Waals surface area contributed by atoms with Crippen molar-refractivity contribution in [2.75, 3.05) is 27.4 Å². The zero-order valence-electron chi connectivity index (χ0n) is 19.6. The highest BCUT2D eigenvalue weighted by Crippen LogP contribution is 2.73. The number of methoxy groups -OCH3 is 2. The third-order valence-electron chi connectivity index (χ3n) is 7.38. The van der Waals surface area contributed by atoms with Gasteiger partial charge in [0.1, 0.15) is 22.6 Å². The molecule has 1 amide bonds. The molecule has 1 saturated heterocycles. The summed E-state index contributed by atoms with van der Waals surface area (Å²) in [4.78, 5) is 41.2. The predicted octanol–water partition coefficient (Wildman–Crippen LogP) is 0.460. The maximum absolute atomic E-state index is 13.6. The minimum absolute atomic E-state index is 0.00973. The number of esters is 2. The van der Waals surface area contributed by atoms with Gasteiger partial charge in [-0.2, -0.15) is 0 Å². The largest absolute Gasteiger partial charge is 0.493 e. The van der Waals surface area contributed by atoms with Gasteiger partial charge in [0.25, 0.3) is 5.91 Å². The van der Waals surface area contributed by atoms with E-state index < -0.39 is 46.5 Å². The van der Waals surface area contributed by atoms with Gasteiger partial charge in [0, 0.05) is 12.8 Å². The average molecular weight is 475 g/mol. The second kappa shape index (κ2) is 7.99. The van der Waals surface area contributed by atoms with Crippen molar-refractivity contribution in [3.63, 3.8) is 0 Å². The minimum Gasteiger partial charge on any atom is -0.493 e. The Morgan fingerprint density at radius 2 is 1.79 bits per heavy atom. The summed E-state index contributed by atoms with van der Waals surface area (Å²) in [5.41, 5.74) is -4.76. The fourth-order valence-electron chi connectivity index (χ4n) is 6.14. The maximum Gasteiger partial charge on any atom is 0.329 e. The summed E-state index contributed by atoms with van der Waals surface area (Å²) < 4.78 is 21.4. The van der Waals surface area contributed by atoms with Gasteiger partial charge in [-0.15, -0.1) is 6.58 Å². The summed E-state index contributed by atoms with van der Waals surface area (Å²) >= 11 is 0. The molecule has 0 radical (unpaired) electrons. The molecule has 1 saturated carbocycles. The van der Waals surface area contributed by atoms with Crippen molar-refractivity contribution in [1.82, 2.24) is 4.90 Å². The van der Waals surface area contributed by atoms with Crippen LogP contribution < -0.4 is 9.47 Å². The van der Waals surface area contributed by atoms with Gasteiger partial charge in [-0.3, -0.25) is 9.59 Å². The Morgan fingerprint density at radius 1 is 1.18 bits per heavy atom. The molecule has 0 unspecified atom stereocenters. The van der Waals surface area contributed by atoms with Crippen molar-refractivity contribution < 1.29 is 43.5 Å². The zero-order valence-corrected chi connectivity index (χ0v) is 19.6. The van der Waals surface area contributed by atoms with Gasteiger partial charge in [0.2, 0.25) is 0 Å². The lowest BCUT2D eigenvalue weighted by Gasteiger charge is -2.67. The van der Waals surface area contributed by atoms with E-state index in [0.29, 0.717) is 16.9 Å². The van der Waals surface area contributed by atoms with Crippen molar-refractivity contribution in [2.45, 2.75) is 50.0 Å². The molecule has 2 N–H and O–H groups in total. The SMILES string of the molecule is C=C[C@@]1(O)C[C@]2(C(=O)OCC)[C@@H](O)C(=O)N3[C@H](C(=O)OCC)Cc4cc(OC)c(OC)cc4[C@@]312. The third kappa shape index (κ3) is 2.55. The Morgan fingerprint density at radius 3 is 2.35 bits per heavy atom. The Labute approximate surface area is 197 Å². The van der Waals surface area contributed by atoms with E-state index in [9.17, 15) is 24.6 Å². The molecule has 1 aromatic carbocycles. The van der Waals surface area contributed by atoms with Crippen LogP contribution in [0.25, 0.3) is 0 Å². The van der Waals surface area contributed by atoms with Crippen LogP contribution >= 0.6 is 0 Å². The normalized spacial score (nSPS) is 33.1. The van der Waals surface area contributed by atoms with E-state index in [1.165, 1.54) is 20.3 Å². The molecule has 10 heteroatoms. The number of ether oxygens (including phenoxy) is 4. The molecule has 1 aliphatic carbocycles. The second-order valence-electron chi connectivity index (χ2n) is 8.65. The number of hydrogen-bond donors (Lipinski definition) is 2. The van der Waals surface area contributed by atoms with Gasteiger partial charge in [-0.1, -0.05) is 6.08 Å². The summed E-state index contributed by atoms with van der Waals surface area (Å²) in [6.45, 7) is 7.03. The van der Waals surface area contributed by atoms with E-state index in [1.807, 2.05) is 0 Å². The average Bonchev–Trinajstić information content (AvgIpc) is 2.99. The summed E-state index contributed by atoms with van der Waals surface area (Å²) in [5, 5.41) is 23.0. The lowest BCUT2D eigenvalue weighted by atomic mass is 9.42. The van der Waals surface area contributed by atoms with Crippen LogP contribution in [0.4, 0.5) is 0 Å². The number of aliphatic hydroxyl groups is 2.